The van der Waals surface area contributed by atoms with Crippen molar-refractivity contribution in [3.8, 4) is 0 Å². The van der Waals surface area contributed by atoms with Gasteiger partial charge in [0, 0.05) is 0 Å². The van der Waals surface area contributed by atoms with Crippen molar-refractivity contribution in [3.63, 3.8) is 0 Å². The van der Waals surface area contributed by atoms with E-state index >= 15 is 0 Å². The van der Waals surface area contributed by atoms with Gasteiger partial charge in [0.15, 0.2) is 0 Å². The van der Waals surface area contributed by atoms with Crippen LogP contribution in [0.25, 0.3) is 0 Å². The van der Waals surface area contributed by atoms with Gasteiger partial charge in [0.05, 0.1) is 55.4 Å². The van der Waals surface area contributed by atoms with E-state index in [4.69, 9.17) is 0 Å². The number of halogens is 2. The van der Waals surface area contributed by atoms with Crippen LogP contribution in [0.2, 0.25) is 0 Å². The Kier molecular flexibility index (Phi) is 36.6. The number of rotatable bonds is 5. The molecule has 0 aliphatic rings. The van der Waals surface area contributed by atoms with Gasteiger partial charge in [-0.1, -0.05) is 35.1 Å². The van der Waals surface area contributed by atoms with Gasteiger partial charge in [-0.05, 0) is 12.8 Å². The number of hydrogen-bond donors (Lipinski definition) is 0. The lowest BCUT2D eigenvalue weighted by atomic mass is 10.3. The van der Waals surface area contributed by atoms with Gasteiger partial charge < -0.3 is 42.9 Å². The maximum Gasteiger partial charge on any atom is 0.0780 e. The second-order valence-electron chi connectivity index (χ2n) is 6.38. The summed E-state index contributed by atoms with van der Waals surface area (Å²) in [5.41, 5.74) is 0. The van der Waals surface area contributed by atoms with Crippen LogP contribution in [-0.2, 0) is 0 Å². The zero-order valence-electron chi connectivity index (χ0n) is 13.2. The first-order chi connectivity index (χ1) is 6.62. The van der Waals surface area contributed by atoms with Gasteiger partial charge in [0.1, 0.15) is 0 Å². The first-order valence-electron chi connectivity index (χ1n) is 6.23. The lowest BCUT2D eigenvalue weighted by Gasteiger charge is -2.23. The number of hydrogen-bond acceptors (Lipinski definition) is 0. The first-order valence-corrected chi connectivity index (χ1v) is 6.23. The summed E-state index contributed by atoms with van der Waals surface area (Å²) in [5, 5.41) is 0. The van der Waals surface area contributed by atoms with Gasteiger partial charge in [-0.2, -0.15) is 0 Å². The zero-order chi connectivity index (χ0) is 12.5. The largest absolute Gasteiger partial charge is 1.00 e. The summed E-state index contributed by atoms with van der Waals surface area (Å²) in [6.07, 6.45) is 3.95. The van der Waals surface area contributed by atoms with Gasteiger partial charge in [-0.15, -0.1) is 0 Å². The highest BCUT2D eigenvalue weighted by Crippen LogP contribution is 1.95. The number of nitrogens with zero attached hydrogens (tertiary/aromatic N) is 2. The molecule has 126 valence electrons. The Hall–Kier alpha value is 0.880. The molecule has 0 rings (SSSR count). The summed E-state index contributed by atoms with van der Waals surface area (Å²) in [4.78, 5) is 0. The molecule has 0 unspecified atom stereocenters. The standard InChI is InChI=1S/C7H18N.C6H16N.2CH4.2BrH/c1-5-6-7-8(2,3)4;1-5-6-7(2,3)4;;;;/h5-7H2,1-4H3;5-6H2,1-4H3;2*1H4;2*1H/q2*+1;;;;/p-2. The zero-order valence-corrected chi connectivity index (χ0v) is 16.4. The minimum absolute atomic E-state index is 0. The Bertz CT molecular complexity index is 138. The minimum Gasteiger partial charge on any atom is -1.00 e. The Morgan fingerprint density at radius 2 is 0.895 bits per heavy atom. The fourth-order valence-corrected chi connectivity index (χ4v) is 1.30. The highest BCUT2D eigenvalue weighted by molar-refractivity contribution is 4.29. The normalized spacial score (nSPS) is 9.47. The molecule has 0 aromatic heterocycles. The molecule has 0 amide bonds. The summed E-state index contributed by atoms with van der Waals surface area (Å²) < 4.78 is 2.20. The number of quaternary nitrogens is 2. The van der Waals surface area contributed by atoms with Crippen LogP contribution in [-0.4, -0.2) is 64.3 Å². The molecule has 0 heterocycles. The van der Waals surface area contributed by atoms with Crippen LogP contribution >= 0.6 is 0 Å². The van der Waals surface area contributed by atoms with Crippen LogP contribution < -0.4 is 34.0 Å². The molecule has 0 fully saturated rings. The van der Waals surface area contributed by atoms with Crippen molar-refractivity contribution in [2.24, 2.45) is 0 Å². The molecular formula is C15H42Br2N2. The van der Waals surface area contributed by atoms with E-state index in [9.17, 15) is 0 Å². The van der Waals surface area contributed by atoms with E-state index in [0.717, 1.165) is 8.97 Å². The first kappa shape index (κ1) is 36.8. The third-order valence-electron chi connectivity index (χ3n) is 2.08. The summed E-state index contributed by atoms with van der Waals surface area (Å²) >= 11 is 0. The average Bonchev–Trinajstić information content (AvgIpc) is 1.98. The van der Waals surface area contributed by atoms with Crippen molar-refractivity contribution in [3.05, 3.63) is 0 Å². The van der Waals surface area contributed by atoms with Crippen molar-refractivity contribution < 1.29 is 42.9 Å². The van der Waals surface area contributed by atoms with Crippen molar-refractivity contribution in [2.75, 3.05) is 55.4 Å². The van der Waals surface area contributed by atoms with E-state index in [1.807, 2.05) is 0 Å². The fraction of sp³-hybridized carbons (Fsp3) is 1.00. The predicted molar refractivity (Wildman–Crippen MR) is 84.5 cm³/mol. The van der Waals surface area contributed by atoms with Crippen LogP contribution in [0, 0.1) is 0 Å². The van der Waals surface area contributed by atoms with Gasteiger partial charge in [0.2, 0.25) is 0 Å². The van der Waals surface area contributed by atoms with Gasteiger partial charge >= 0.3 is 0 Å². The van der Waals surface area contributed by atoms with Crippen LogP contribution in [0.1, 0.15) is 48.0 Å². The molecule has 0 saturated carbocycles. The van der Waals surface area contributed by atoms with Crippen molar-refractivity contribution in [1.29, 1.82) is 0 Å². The molecule has 2 nitrogen and oxygen atoms in total. The lowest BCUT2D eigenvalue weighted by Crippen LogP contribution is -3.00. The molecule has 0 aliphatic carbocycles. The average molecular weight is 410 g/mol. The molecule has 0 bridgehead atoms. The quantitative estimate of drug-likeness (QED) is 0.455. The molecule has 0 radical (unpaired) electrons. The molecule has 0 aliphatic heterocycles. The predicted octanol–water partition coefficient (Wildman–Crippen LogP) is -2.12. The van der Waals surface area contributed by atoms with Crippen molar-refractivity contribution in [2.45, 2.75) is 48.0 Å². The monoisotopic (exact) mass is 408 g/mol. The highest BCUT2D eigenvalue weighted by atomic mass is 79.9. The molecule has 19 heavy (non-hydrogen) atoms. The molecule has 4 heteroatoms. The van der Waals surface area contributed by atoms with Crippen molar-refractivity contribution in [1.82, 2.24) is 0 Å². The van der Waals surface area contributed by atoms with E-state index in [0.29, 0.717) is 0 Å². The molecule has 0 N–H and O–H groups in total. The van der Waals surface area contributed by atoms with Crippen molar-refractivity contribution >= 4 is 0 Å². The van der Waals surface area contributed by atoms with Gasteiger partial charge in [-0.3, -0.25) is 0 Å². The second-order valence-corrected chi connectivity index (χ2v) is 6.38. The van der Waals surface area contributed by atoms with Crippen LogP contribution in [0.5, 0.6) is 0 Å². The van der Waals surface area contributed by atoms with E-state index in [1.54, 1.807) is 0 Å². The highest BCUT2D eigenvalue weighted by Gasteiger charge is 2.03. The third kappa shape index (κ3) is 55.1. The molecule has 0 spiro atoms. The molecule has 0 saturated heterocycles. The maximum atomic E-state index is 2.23. The minimum atomic E-state index is 0. The number of unbranched alkanes of at least 4 members (excludes halogenated alkanes) is 1. The Morgan fingerprint density at radius 1 is 0.579 bits per heavy atom. The fourth-order valence-electron chi connectivity index (χ4n) is 1.30. The van der Waals surface area contributed by atoms with E-state index in [-0.39, 0.29) is 48.8 Å². The van der Waals surface area contributed by atoms with Gasteiger partial charge in [0.25, 0.3) is 0 Å². The third-order valence-corrected chi connectivity index (χ3v) is 2.08. The Balaban J connectivity index is -0.0000000369. The summed E-state index contributed by atoms with van der Waals surface area (Å²) in [5.74, 6) is 0. The Morgan fingerprint density at radius 3 is 0.947 bits per heavy atom. The van der Waals surface area contributed by atoms with Gasteiger partial charge in [-0.25, -0.2) is 0 Å². The maximum absolute atomic E-state index is 2.23. The Labute approximate surface area is 146 Å². The molecule has 0 atom stereocenters. The van der Waals surface area contributed by atoms with E-state index < -0.39 is 0 Å². The van der Waals surface area contributed by atoms with Crippen LogP contribution in [0.15, 0.2) is 0 Å². The second kappa shape index (κ2) is 18.9. The molecule has 0 aromatic rings. The SMILES string of the molecule is C.C.CCCC[N+](C)(C)C.CCC[N+](C)(C)C.[Br-].[Br-]. The smallest absolute Gasteiger partial charge is 0.0780 e. The van der Waals surface area contributed by atoms with E-state index in [2.05, 4.69) is 56.1 Å². The summed E-state index contributed by atoms with van der Waals surface area (Å²) in [7, 11) is 13.3. The van der Waals surface area contributed by atoms with Crippen LogP contribution in [0.3, 0.4) is 0 Å². The lowest BCUT2D eigenvalue weighted by molar-refractivity contribution is -0.870. The van der Waals surface area contributed by atoms with Crippen LogP contribution in [0.4, 0.5) is 0 Å². The summed E-state index contributed by atoms with van der Waals surface area (Å²) in [6, 6.07) is 0. The molecular weight excluding hydrogens is 368 g/mol. The topological polar surface area (TPSA) is 0 Å². The van der Waals surface area contributed by atoms with E-state index in [1.165, 1.54) is 32.4 Å². The molecule has 0 aromatic carbocycles. The summed E-state index contributed by atoms with van der Waals surface area (Å²) in [6.45, 7) is 7.02.